The van der Waals surface area contributed by atoms with Crippen LogP contribution in [-0.4, -0.2) is 46.4 Å². The number of hydrogen-bond donors (Lipinski definition) is 3. The molecule has 22 heavy (non-hydrogen) atoms. The number of carbonyl (C=O) groups is 1. The van der Waals surface area contributed by atoms with Crippen LogP contribution in [-0.2, 0) is 13.0 Å². The summed E-state index contributed by atoms with van der Waals surface area (Å²) >= 11 is 0. The zero-order chi connectivity index (χ0) is 16.3. The number of nitrogens with one attached hydrogen (secondary N) is 1. The molecule has 3 N–H and O–H groups in total. The van der Waals surface area contributed by atoms with Gasteiger partial charge < -0.3 is 15.5 Å². The molecule has 2 rings (SSSR count). The molecular formula is C17H26N2O3. The number of amides is 1. The van der Waals surface area contributed by atoms with E-state index in [2.05, 4.69) is 34.5 Å². The van der Waals surface area contributed by atoms with Gasteiger partial charge in [0, 0.05) is 25.7 Å². The maximum absolute atomic E-state index is 11.0. The van der Waals surface area contributed by atoms with Crippen molar-refractivity contribution in [2.45, 2.75) is 45.9 Å². The van der Waals surface area contributed by atoms with Crippen molar-refractivity contribution in [1.29, 1.82) is 0 Å². The Hall–Kier alpha value is -1.59. The molecule has 1 aliphatic heterocycles. The molecule has 1 amide bonds. The summed E-state index contributed by atoms with van der Waals surface area (Å²) in [5.41, 5.74) is 2.21. The second-order valence-electron chi connectivity index (χ2n) is 7.24. The molecular weight excluding hydrogens is 280 g/mol. The summed E-state index contributed by atoms with van der Waals surface area (Å²) < 4.78 is 0. The number of carboxylic acid groups (broad SMARTS) is 1. The minimum atomic E-state index is -0.979. The summed E-state index contributed by atoms with van der Waals surface area (Å²) in [7, 11) is 0. The molecule has 5 nitrogen and oxygen atoms in total. The number of aliphatic hydroxyl groups excluding tert-OH is 1. The Morgan fingerprint density at radius 2 is 1.82 bits per heavy atom. The van der Waals surface area contributed by atoms with Crippen LogP contribution in [0.15, 0.2) is 24.3 Å². The number of nitrogens with zero attached hydrogens (tertiary/aromatic N) is 1. The quantitative estimate of drug-likeness (QED) is 0.779. The molecule has 1 heterocycles. The van der Waals surface area contributed by atoms with Crippen molar-refractivity contribution >= 4 is 6.09 Å². The molecule has 0 bridgehead atoms. The van der Waals surface area contributed by atoms with E-state index in [0.29, 0.717) is 6.42 Å². The fraction of sp³-hybridized carbons (Fsp3) is 0.588. The molecule has 1 aromatic rings. The predicted molar refractivity (Wildman–Crippen MR) is 85.8 cm³/mol. The first-order chi connectivity index (χ1) is 10.2. The van der Waals surface area contributed by atoms with E-state index in [-0.39, 0.29) is 17.6 Å². The molecule has 1 aromatic carbocycles. The molecule has 0 spiro atoms. The number of aliphatic hydroxyl groups is 1. The zero-order valence-corrected chi connectivity index (χ0v) is 13.5. The standard InChI is InChI=1S/C17H26N2O3/c1-17(2,3)15(18-16(21)22)8-12-4-6-13(7-5-12)9-19-10-14(20)11-19/h4-7,14-15,18,20H,8-11H2,1-3H3,(H,21,22). The van der Waals surface area contributed by atoms with Crippen LogP contribution >= 0.6 is 0 Å². The van der Waals surface area contributed by atoms with Crippen LogP contribution < -0.4 is 5.32 Å². The molecule has 122 valence electrons. The lowest BCUT2D eigenvalue weighted by molar-refractivity contribution is -0.00286. The van der Waals surface area contributed by atoms with Crippen LogP contribution in [0.2, 0.25) is 0 Å². The van der Waals surface area contributed by atoms with E-state index in [1.807, 2.05) is 20.8 Å². The van der Waals surface area contributed by atoms with Crippen LogP contribution in [0.5, 0.6) is 0 Å². The highest BCUT2D eigenvalue weighted by molar-refractivity contribution is 5.65. The van der Waals surface area contributed by atoms with Crippen molar-refractivity contribution in [2.24, 2.45) is 5.41 Å². The van der Waals surface area contributed by atoms with Crippen LogP contribution in [0.4, 0.5) is 4.79 Å². The Bertz CT molecular complexity index is 502. The van der Waals surface area contributed by atoms with Crippen molar-refractivity contribution in [3.8, 4) is 0 Å². The van der Waals surface area contributed by atoms with Gasteiger partial charge in [-0.05, 0) is 23.0 Å². The van der Waals surface area contributed by atoms with Crippen LogP contribution in [0.1, 0.15) is 31.9 Å². The Morgan fingerprint density at radius 3 is 2.27 bits per heavy atom. The summed E-state index contributed by atoms with van der Waals surface area (Å²) in [6, 6.07) is 8.17. The highest BCUT2D eigenvalue weighted by Crippen LogP contribution is 2.23. The van der Waals surface area contributed by atoms with Crippen LogP contribution in [0.3, 0.4) is 0 Å². The molecule has 1 fully saturated rings. The highest BCUT2D eigenvalue weighted by atomic mass is 16.4. The fourth-order valence-electron chi connectivity index (χ4n) is 2.67. The molecule has 1 unspecified atom stereocenters. The van der Waals surface area contributed by atoms with Gasteiger partial charge in [0.25, 0.3) is 0 Å². The summed E-state index contributed by atoms with van der Waals surface area (Å²) in [6.07, 6.45) is -0.472. The number of likely N-dealkylation sites (tertiary alicyclic amines) is 1. The average molecular weight is 306 g/mol. The molecule has 0 radical (unpaired) electrons. The number of hydrogen-bond acceptors (Lipinski definition) is 3. The second kappa shape index (κ2) is 6.67. The summed E-state index contributed by atoms with van der Waals surface area (Å²) in [4.78, 5) is 13.1. The molecule has 1 aliphatic rings. The van der Waals surface area contributed by atoms with Gasteiger partial charge in [0.15, 0.2) is 0 Å². The molecule has 1 saturated heterocycles. The molecule has 0 aliphatic carbocycles. The smallest absolute Gasteiger partial charge is 0.404 e. The van der Waals surface area contributed by atoms with Gasteiger partial charge >= 0.3 is 6.09 Å². The van der Waals surface area contributed by atoms with E-state index in [1.165, 1.54) is 5.56 Å². The van der Waals surface area contributed by atoms with E-state index >= 15 is 0 Å². The van der Waals surface area contributed by atoms with Gasteiger partial charge in [-0.1, -0.05) is 45.0 Å². The number of rotatable bonds is 5. The Morgan fingerprint density at radius 1 is 1.27 bits per heavy atom. The first-order valence-corrected chi connectivity index (χ1v) is 7.72. The third-order valence-electron chi connectivity index (χ3n) is 4.15. The van der Waals surface area contributed by atoms with Crippen molar-refractivity contribution in [1.82, 2.24) is 10.2 Å². The Labute approximate surface area is 131 Å². The van der Waals surface area contributed by atoms with E-state index in [0.717, 1.165) is 25.2 Å². The van der Waals surface area contributed by atoms with Crippen molar-refractivity contribution in [3.05, 3.63) is 35.4 Å². The zero-order valence-electron chi connectivity index (χ0n) is 13.5. The van der Waals surface area contributed by atoms with Gasteiger partial charge in [0.1, 0.15) is 0 Å². The lowest BCUT2D eigenvalue weighted by Crippen LogP contribution is -2.49. The third kappa shape index (κ3) is 4.71. The lowest BCUT2D eigenvalue weighted by Gasteiger charge is -2.35. The molecule has 0 saturated carbocycles. The summed E-state index contributed by atoms with van der Waals surface area (Å²) in [5, 5.41) is 20.9. The van der Waals surface area contributed by atoms with Crippen LogP contribution in [0.25, 0.3) is 0 Å². The van der Waals surface area contributed by atoms with Gasteiger partial charge in [-0.2, -0.15) is 0 Å². The van der Waals surface area contributed by atoms with Gasteiger partial charge in [-0.3, -0.25) is 4.90 Å². The van der Waals surface area contributed by atoms with Gasteiger partial charge in [-0.15, -0.1) is 0 Å². The normalized spacial score (nSPS) is 17.8. The predicted octanol–water partition coefficient (Wildman–Crippen LogP) is 2.09. The van der Waals surface area contributed by atoms with Crippen molar-refractivity contribution in [2.75, 3.05) is 13.1 Å². The van der Waals surface area contributed by atoms with Crippen LogP contribution in [0, 0.1) is 5.41 Å². The van der Waals surface area contributed by atoms with E-state index in [1.54, 1.807) is 0 Å². The van der Waals surface area contributed by atoms with E-state index < -0.39 is 6.09 Å². The minimum Gasteiger partial charge on any atom is -0.465 e. The lowest BCUT2D eigenvalue weighted by atomic mass is 9.83. The highest BCUT2D eigenvalue weighted by Gasteiger charge is 2.26. The van der Waals surface area contributed by atoms with E-state index in [4.69, 9.17) is 5.11 Å². The molecule has 1 atom stereocenters. The van der Waals surface area contributed by atoms with Gasteiger partial charge in [0.05, 0.1) is 6.10 Å². The van der Waals surface area contributed by atoms with Crippen molar-refractivity contribution < 1.29 is 15.0 Å². The minimum absolute atomic E-state index is 0.124. The third-order valence-corrected chi connectivity index (χ3v) is 4.15. The summed E-state index contributed by atoms with van der Waals surface area (Å²) in [5.74, 6) is 0. The van der Waals surface area contributed by atoms with E-state index in [9.17, 15) is 9.90 Å². The maximum atomic E-state index is 11.0. The van der Waals surface area contributed by atoms with Crippen molar-refractivity contribution in [3.63, 3.8) is 0 Å². The largest absolute Gasteiger partial charge is 0.465 e. The number of β-amino-alcohol motifs (C(OH)–C–C–N with tert-alkyl or cyclic N) is 1. The maximum Gasteiger partial charge on any atom is 0.404 e. The van der Waals surface area contributed by atoms with Gasteiger partial charge in [0.2, 0.25) is 0 Å². The SMILES string of the molecule is CC(C)(C)C(Cc1ccc(CN2CC(O)C2)cc1)NC(=O)O. The fourth-order valence-corrected chi connectivity index (χ4v) is 2.67. The Kier molecular flexibility index (Phi) is 5.08. The Balaban J connectivity index is 1.95. The first kappa shape index (κ1) is 16.8. The number of benzene rings is 1. The molecule has 0 aromatic heterocycles. The van der Waals surface area contributed by atoms with Gasteiger partial charge in [-0.25, -0.2) is 4.79 Å². The second-order valence-corrected chi connectivity index (χ2v) is 7.24. The molecule has 5 heteroatoms. The summed E-state index contributed by atoms with van der Waals surface area (Å²) in [6.45, 7) is 8.46. The first-order valence-electron chi connectivity index (χ1n) is 7.72. The topological polar surface area (TPSA) is 72.8 Å². The average Bonchev–Trinajstić information content (AvgIpc) is 2.36. The monoisotopic (exact) mass is 306 g/mol.